The van der Waals surface area contributed by atoms with Gasteiger partial charge in [-0.25, -0.2) is 4.98 Å². The second-order valence-electron chi connectivity index (χ2n) is 3.72. The zero-order chi connectivity index (χ0) is 12.3. The third-order valence-corrected chi connectivity index (χ3v) is 3.40. The summed E-state index contributed by atoms with van der Waals surface area (Å²) in [6.45, 7) is 1.25. The molecule has 0 radical (unpaired) electrons. The van der Waals surface area contributed by atoms with Crippen molar-refractivity contribution in [3.05, 3.63) is 52.0 Å². The number of imidazole rings is 1. The summed E-state index contributed by atoms with van der Waals surface area (Å²) in [6, 6.07) is 5.63. The molecule has 17 heavy (non-hydrogen) atoms. The lowest BCUT2D eigenvalue weighted by Crippen LogP contribution is -2.10. The molecule has 0 saturated carbocycles. The summed E-state index contributed by atoms with van der Waals surface area (Å²) in [6.07, 6.45) is 4.44. The fourth-order valence-electron chi connectivity index (χ4n) is 1.70. The van der Waals surface area contributed by atoms with E-state index in [1.54, 1.807) is 12.3 Å². The SMILES string of the molecule is NCCc1nccn1Cc1cccc(Cl)c1Cl. The summed E-state index contributed by atoms with van der Waals surface area (Å²) >= 11 is 12.1. The average Bonchev–Trinajstić information content (AvgIpc) is 2.73. The molecule has 0 atom stereocenters. The van der Waals surface area contributed by atoms with Crippen molar-refractivity contribution in [3.63, 3.8) is 0 Å². The van der Waals surface area contributed by atoms with E-state index in [1.165, 1.54) is 0 Å². The van der Waals surface area contributed by atoms with E-state index in [0.717, 1.165) is 17.8 Å². The fourth-order valence-corrected chi connectivity index (χ4v) is 2.08. The molecule has 1 aromatic carbocycles. The van der Waals surface area contributed by atoms with Crippen LogP contribution < -0.4 is 5.73 Å². The first-order valence-electron chi connectivity index (χ1n) is 5.35. The third kappa shape index (κ3) is 2.80. The zero-order valence-electron chi connectivity index (χ0n) is 9.24. The molecule has 0 aliphatic rings. The molecule has 0 saturated heterocycles. The molecular formula is C12H13Cl2N3. The Morgan fingerprint density at radius 2 is 2.12 bits per heavy atom. The van der Waals surface area contributed by atoms with E-state index in [4.69, 9.17) is 28.9 Å². The van der Waals surface area contributed by atoms with Gasteiger partial charge in [0.1, 0.15) is 5.82 Å². The minimum absolute atomic E-state index is 0.574. The highest BCUT2D eigenvalue weighted by molar-refractivity contribution is 6.42. The number of nitrogens with two attached hydrogens (primary N) is 1. The quantitative estimate of drug-likeness (QED) is 0.928. The Morgan fingerprint density at radius 3 is 2.88 bits per heavy atom. The van der Waals surface area contributed by atoms with Gasteiger partial charge < -0.3 is 10.3 Å². The van der Waals surface area contributed by atoms with Crippen molar-refractivity contribution in [1.82, 2.24) is 9.55 Å². The van der Waals surface area contributed by atoms with E-state index in [1.807, 2.05) is 22.9 Å². The lowest BCUT2D eigenvalue weighted by Gasteiger charge is -2.09. The molecule has 0 amide bonds. The van der Waals surface area contributed by atoms with E-state index >= 15 is 0 Å². The summed E-state index contributed by atoms with van der Waals surface area (Å²) in [4.78, 5) is 4.26. The van der Waals surface area contributed by atoms with Crippen molar-refractivity contribution in [2.24, 2.45) is 5.73 Å². The summed E-state index contributed by atoms with van der Waals surface area (Å²) < 4.78 is 2.03. The van der Waals surface area contributed by atoms with Gasteiger partial charge in [0.05, 0.1) is 16.6 Å². The predicted octanol–water partition coefficient (Wildman–Crippen LogP) is 2.74. The maximum atomic E-state index is 6.15. The van der Waals surface area contributed by atoms with E-state index in [2.05, 4.69) is 4.98 Å². The fraction of sp³-hybridized carbons (Fsp3) is 0.250. The van der Waals surface area contributed by atoms with Crippen LogP contribution in [-0.4, -0.2) is 16.1 Å². The van der Waals surface area contributed by atoms with Crippen molar-refractivity contribution in [2.75, 3.05) is 6.54 Å². The van der Waals surface area contributed by atoms with Crippen LogP contribution in [0.15, 0.2) is 30.6 Å². The van der Waals surface area contributed by atoms with E-state index in [-0.39, 0.29) is 0 Å². The van der Waals surface area contributed by atoms with Gasteiger partial charge in [-0.2, -0.15) is 0 Å². The highest BCUT2D eigenvalue weighted by Gasteiger charge is 2.07. The lowest BCUT2D eigenvalue weighted by molar-refractivity contribution is 0.716. The van der Waals surface area contributed by atoms with Crippen LogP contribution in [0.1, 0.15) is 11.4 Å². The standard InChI is InChI=1S/C12H13Cl2N3/c13-10-3-1-2-9(12(10)14)8-17-7-6-16-11(17)4-5-15/h1-3,6-7H,4-5,8,15H2. The van der Waals surface area contributed by atoms with Crippen LogP contribution in [0.25, 0.3) is 0 Å². The number of nitrogens with zero attached hydrogens (tertiary/aromatic N) is 2. The molecule has 2 aromatic rings. The number of benzene rings is 1. The van der Waals surface area contributed by atoms with E-state index in [0.29, 0.717) is 23.1 Å². The minimum Gasteiger partial charge on any atom is -0.330 e. The molecule has 1 aromatic heterocycles. The largest absolute Gasteiger partial charge is 0.330 e. The van der Waals surface area contributed by atoms with Crippen molar-refractivity contribution in [1.29, 1.82) is 0 Å². The maximum Gasteiger partial charge on any atom is 0.110 e. The van der Waals surface area contributed by atoms with Gasteiger partial charge in [0.15, 0.2) is 0 Å². The van der Waals surface area contributed by atoms with Crippen molar-refractivity contribution >= 4 is 23.2 Å². The topological polar surface area (TPSA) is 43.8 Å². The first kappa shape index (κ1) is 12.4. The van der Waals surface area contributed by atoms with E-state index < -0.39 is 0 Å². The second kappa shape index (κ2) is 5.54. The molecule has 0 aliphatic carbocycles. The van der Waals surface area contributed by atoms with Gasteiger partial charge in [-0.1, -0.05) is 35.3 Å². The van der Waals surface area contributed by atoms with Crippen LogP contribution in [0, 0.1) is 0 Å². The van der Waals surface area contributed by atoms with Gasteiger partial charge >= 0.3 is 0 Å². The molecule has 90 valence electrons. The molecule has 1 heterocycles. The van der Waals surface area contributed by atoms with Crippen molar-refractivity contribution in [2.45, 2.75) is 13.0 Å². The Kier molecular flexibility index (Phi) is 4.05. The molecule has 0 aliphatic heterocycles. The van der Waals surface area contributed by atoms with Gasteiger partial charge in [0, 0.05) is 18.8 Å². The Balaban J connectivity index is 2.25. The first-order chi connectivity index (χ1) is 8.22. The summed E-state index contributed by atoms with van der Waals surface area (Å²) in [5.74, 6) is 0.962. The number of hydrogen-bond donors (Lipinski definition) is 1. The van der Waals surface area contributed by atoms with Gasteiger partial charge in [-0.05, 0) is 18.2 Å². The molecule has 0 fully saturated rings. The Hall–Kier alpha value is -1.03. The van der Waals surface area contributed by atoms with Gasteiger partial charge in [-0.15, -0.1) is 0 Å². The Labute approximate surface area is 110 Å². The Bertz CT molecular complexity index is 508. The molecule has 5 heteroatoms. The summed E-state index contributed by atoms with van der Waals surface area (Å²) in [7, 11) is 0. The lowest BCUT2D eigenvalue weighted by atomic mass is 10.2. The van der Waals surface area contributed by atoms with Gasteiger partial charge in [0.2, 0.25) is 0 Å². The molecule has 2 rings (SSSR count). The van der Waals surface area contributed by atoms with Crippen LogP contribution in [0.3, 0.4) is 0 Å². The van der Waals surface area contributed by atoms with Crippen LogP contribution in [0.5, 0.6) is 0 Å². The first-order valence-corrected chi connectivity index (χ1v) is 6.11. The normalized spacial score (nSPS) is 10.8. The molecule has 0 unspecified atom stereocenters. The van der Waals surface area contributed by atoms with Gasteiger partial charge in [0.25, 0.3) is 0 Å². The zero-order valence-corrected chi connectivity index (χ0v) is 10.7. The second-order valence-corrected chi connectivity index (χ2v) is 4.51. The molecule has 2 N–H and O–H groups in total. The van der Waals surface area contributed by atoms with Gasteiger partial charge in [-0.3, -0.25) is 0 Å². The maximum absolute atomic E-state index is 6.15. The van der Waals surface area contributed by atoms with Crippen molar-refractivity contribution < 1.29 is 0 Å². The Morgan fingerprint density at radius 1 is 1.29 bits per heavy atom. The highest BCUT2D eigenvalue weighted by atomic mass is 35.5. The predicted molar refractivity (Wildman–Crippen MR) is 70.5 cm³/mol. The third-order valence-electron chi connectivity index (χ3n) is 2.54. The van der Waals surface area contributed by atoms with Crippen LogP contribution in [0.2, 0.25) is 10.0 Å². The molecule has 3 nitrogen and oxygen atoms in total. The minimum atomic E-state index is 0.574. The molecular weight excluding hydrogens is 257 g/mol. The monoisotopic (exact) mass is 269 g/mol. The average molecular weight is 270 g/mol. The molecule has 0 spiro atoms. The van der Waals surface area contributed by atoms with E-state index in [9.17, 15) is 0 Å². The summed E-state index contributed by atoms with van der Waals surface area (Å²) in [5.41, 5.74) is 6.52. The highest BCUT2D eigenvalue weighted by Crippen LogP contribution is 2.26. The number of halogens is 2. The summed E-state index contributed by atoms with van der Waals surface area (Å²) in [5, 5.41) is 1.17. The smallest absolute Gasteiger partial charge is 0.110 e. The number of aromatic nitrogens is 2. The van der Waals surface area contributed by atoms with Crippen molar-refractivity contribution in [3.8, 4) is 0 Å². The van der Waals surface area contributed by atoms with Crippen LogP contribution in [0.4, 0.5) is 0 Å². The van der Waals surface area contributed by atoms with Crippen LogP contribution in [-0.2, 0) is 13.0 Å². The number of hydrogen-bond acceptors (Lipinski definition) is 2. The molecule has 0 bridgehead atoms. The number of rotatable bonds is 4. The van der Waals surface area contributed by atoms with Crippen LogP contribution >= 0.6 is 23.2 Å².